The SMILES string of the molecule is O=C(C=CNC(=O)Cc1ccc(OCCCC2CCN(c3ncc(Cl)cn3)CC2)cc1F)NC(CO)CO. The van der Waals surface area contributed by atoms with Crippen LogP contribution in [-0.4, -0.2) is 70.9 Å². The van der Waals surface area contributed by atoms with Crippen LogP contribution in [0.15, 0.2) is 42.9 Å². The van der Waals surface area contributed by atoms with Crippen LogP contribution in [0.4, 0.5) is 10.3 Å². The lowest BCUT2D eigenvalue weighted by molar-refractivity contribution is -0.119. The van der Waals surface area contributed by atoms with Gasteiger partial charge in [-0.2, -0.15) is 0 Å². The van der Waals surface area contributed by atoms with Gasteiger partial charge in [0.15, 0.2) is 0 Å². The second-order valence-corrected chi connectivity index (χ2v) is 9.46. The van der Waals surface area contributed by atoms with Crippen LogP contribution < -0.4 is 20.3 Å². The van der Waals surface area contributed by atoms with Crippen molar-refractivity contribution in [2.45, 2.75) is 38.1 Å². The lowest BCUT2D eigenvalue weighted by Gasteiger charge is -2.31. The van der Waals surface area contributed by atoms with Gasteiger partial charge < -0.3 is 30.5 Å². The van der Waals surface area contributed by atoms with Gasteiger partial charge in [-0.1, -0.05) is 17.7 Å². The molecule has 1 saturated heterocycles. The smallest absolute Gasteiger partial charge is 0.245 e. The highest BCUT2D eigenvalue weighted by atomic mass is 35.5. The number of amides is 2. The van der Waals surface area contributed by atoms with Crippen molar-refractivity contribution < 1.29 is 28.9 Å². The summed E-state index contributed by atoms with van der Waals surface area (Å²) in [7, 11) is 0. The molecule has 2 aromatic rings. The van der Waals surface area contributed by atoms with Crippen LogP contribution in [-0.2, 0) is 16.0 Å². The monoisotopic (exact) mass is 549 g/mol. The average Bonchev–Trinajstić information content (AvgIpc) is 2.92. The summed E-state index contributed by atoms with van der Waals surface area (Å²) in [4.78, 5) is 34.4. The van der Waals surface area contributed by atoms with E-state index in [2.05, 4.69) is 25.5 Å². The maximum atomic E-state index is 14.5. The van der Waals surface area contributed by atoms with Crippen molar-refractivity contribution in [2.24, 2.45) is 5.92 Å². The zero-order valence-electron chi connectivity index (χ0n) is 21.0. The van der Waals surface area contributed by atoms with E-state index in [4.69, 9.17) is 26.6 Å². The Hall–Kier alpha value is -3.28. The highest BCUT2D eigenvalue weighted by molar-refractivity contribution is 6.30. The predicted octanol–water partition coefficient (Wildman–Crippen LogP) is 1.99. The number of benzene rings is 1. The molecule has 1 aromatic heterocycles. The number of hydrogen-bond donors (Lipinski definition) is 4. The molecule has 2 amide bonds. The third-order valence-electron chi connectivity index (χ3n) is 6.17. The van der Waals surface area contributed by atoms with Crippen LogP contribution in [0.3, 0.4) is 0 Å². The standard InChI is InChI=1S/C26H33ClFN5O5/c27-20-14-30-26(31-15-20)33-9-6-18(7-10-33)2-1-11-38-22-4-3-19(23(28)13-22)12-25(37)29-8-5-24(36)32-21(16-34)17-35/h3-5,8,13-15,18,21,34-35H,1-2,6-7,9-12,16-17H2,(H,29,37)(H,32,36). The van der Waals surface area contributed by atoms with Gasteiger partial charge >= 0.3 is 0 Å². The van der Waals surface area contributed by atoms with Crippen molar-refractivity contribution in [1.82, 2.24) is 20.6 Å². The third-order valence-corrected chi connectivity index (χ3v) is 6.37. The van der Waals surface area contributed by atoms with E-state index in [0.29, 0.717) is 29.2 Å². The fraction of sp³-hybridized carbons (Fsp3) is 0.462. The van der Waals surface area contributed by atoms with Gasteiger partial charge in [-0.05, 0) is 43.2 Å². The summed E-state index contributed by atoms with van der Waals surface area (Å²) >= 11 is 5.85. The fourth-order valence-electron chi connectivity index (χ4n) is 4.05. The Kier molecular flexibility index (Phi) is 11.7. The van der Waals surface area contributed by atoms with E-state index in [1.807, 2.05) is 0 Å². The molecular weight excluding hydrogens is 517 g/mol. The van der Waals surface area contributed by atoms with Crippen LogP contribution in [0.5, 0.6) is 5.75 Å². The fourth-order valence-corrected chi connectivity index (χ4v) is 4.14. The van der Waals surface area contributed by atoms with Gasteiger partial charge in [-0.3, -0.25) is 9.59 Å². The van der Waals surface area contributed by atoms with Gasteiger partial charge in [0.05, 0.1) is 49.7 Å². The number of anilines is 1. The number of aliphatic hydroxyl groups excluding tert-OH is 2. The number of nitrogens with one attached hydrogen (secondary N) is 2. The van der Waals surface area contributed by atoms with Gasteiger partial charge in [-0.25, -0.2) is 14.4 Å². The minimum Gasteiger partial charge on any atom is -0.493 e. The number of hydrogen-bond acceptors (Lipinski definition) is 8. The van der Waals surface area contributed by atoms with Crippen molar-refractivity contribution in [1.29, 1.82) is 0 Å². The molecule has 0 aliphatic carbocycles. The van der Waals surface area contributed by atoms with E-state index in [9.17, 15) is 14.0 Å². The van der Waals surface area contributed by atoms with Crippen LogP contribution in [0.25, 0.3) is 0 Å². The number of carbonyl (C=O) groups excluding carboxylic acids is 2. The largest absolute Gasteiger partial charge is 0.493 e. The molecule has 3 rings (SSSR count). The lowest BCUT2D eigenvalue weighted by atomic mass is 9.92. The second-order valence-electron chi connectivity index (χ2n) is 9.02. The van der Waals surface area contributed by atoms with Crippen molar-refractivity contribution in [2.75, 3.05) is 37.8 Å². The van der Waals surface area contributed by atoms with E-state index in [-0.39, 0.29) is 12.0 Å². The van der Waals surface area contributed by atoms with E-state index in [0.717, 1.165) is 51.0 Å². The molecule has 1 aliphatic heterocycles. The van der Waals surface area contributed by atoms with Crippen molar-refractivity contribution in [3.8, 4) is 5.75 Å². The van der Waals surface area contributed by atoms with Crippen molar-refractivity contribution >= 4 is 29.4 Å². The molecule has 10 nitrogen and oxygen atoms in total. The number of rotatable bonds is 13. The summed E-state index contributed by atoms with van der Waals surface area (Å²) in [5.41, 5.74) is 0.199. The minimum atomic E-state index is -0.785. The molecular formula is C26H33ClFN5O5. The molecule has 38 heavy (non-hydrogen) atoms. The summed E-state index contributed by atoms with van der Waals surface area (Å²) in [6.07, 6.45) is 9.12. The van der Waals surface area contributed by atoms with Crippen LogP contribution >= 0.6 is 11.6 Å². The molecule has 1 fully saturated rings. The van der Waals surface area contributed by atoms with Gasteiger partial charge in [-0.15, -0.1) is 0 Å². The van der Waals surface area contributed by atoms with Crippen molar-refractivity contribution in [3.63, 3.8) is 0 Å². The Morgan fingerprint density at radius 3 is 2.58 bits per heavy atom. The molecule has 1 aliphatic rings. The zero-order chi connectivity index (χ0) is 27.3. The number of aromatic nitrogens is 2. The van der Waals surface area contributed by atoms with E-state index in [1.54, 1.807) is 18.5 Å². The summed E-state index contributed by atoms with van der Waals surface area (Å²) in [6, 6.07) is 3.61. The Bertz CT molecular complexity index is 1080. The van der Waals surface area contributed by atoms with E-state index < -0.39 is 36.9 Å². The first-order chi connectivity index (χ1) is 18.4. The minimum absolute atomic E-state index is 0.199. The lowest BCUT2D eigenvalue weighted by Crippen LogP contribution is -2.39. The number of halogens is 2. The van der Waals surface area contributed by atoms with Crippen molar-refractivity contribution in [3.05, 3.63) is 59.3 Å². The van der Waals surface area contributed by atoms with Crippen LogP contribution in [0, 0.1) is 11.7 Å². The molecule has 0 saturated carbocycles. The van der Waals surface area contributed by atoms with Gasteiger partial charge in [0, 0.05) is 31.4 Å². The number of ether oxygens (including phenoxy) is 1. The molecule has 0 atom stereocenters. The molecule has 206 valence electrons. The molecule has 4 N–H and O–H groups in total. The maximum absolute atomic E-state index is 14.5. The quantitative estimate of drug-likeness (QED) is 0.220. The number of piperidine rings is 1. The normalized spacial score (nSPS) is 14.2. The predicted molar refractivity (Wildman–Crippen MR) is 140 cm³/mol. The highest BCUT2D eigenvalue weighted by Crippen LogP contribution is 2.25. The summed E-state index contributed by atoms with van der Waals surface area (Å²) in [6.45, 7) is 1.43. The maximum Gasteiger partial charge on any atom is 0.245 e. The van der Waals surface area contributed by atoms with Gasteiger partial charge in [0.1, 0.15) is 11.6 Å². The molecule has 12 heteroatoms. The molecule has 0 bridgehead atoms. The highest BCUT2D eigenvalue weighted by Gasteiger charge is 2.20. The van der Waals surface area contributed by atoms with Crippen LogP contribution in [0.1, 0.15) is 31.2 Å². The Morgan fingerprint density at radius 2 is 1.92 bits per heavy atom. The van der Waals surface area contributed by atoms with Gasteiger partial charge in [0.25, 0.3) is 0 Å². The summed E-state index contributed by atoms with van der Waals surface area (Å²) < 4.78 is 20.2. The molecule has 0 radical (unpaired) electrons. The van der Waals surface area contributed by atoms with Crippen LogP contribution in [0.2, 0.25) is 5.02 Å². The number of nitrogens with zero attached hydrogens (tertiary/aromatic N) is 3. The first kappa shape index (κ1) is 29.3. The topological polar surface area (TPSA) is 137 Å². The third kappa shape index (κ3) is 9.55. The Balaban J connectivity index is 1.33. The molecule has 0 unspecified atom stereocenters. The number of aliphatic hydroxyl groups is 2. The zero-order valence-corrected chi connectivity index (χ0v) is 21.7. The Morgan fingerprint density at radius 1 is 1.21 bits per heavy atom. The van der Waals surface area contributed by atoms with E-state index >= 15 is 0 Å². The van der Waals surface area contributed by atoms with Gasteiger partial charge in [0.2, 0.25) is 17.8 Å². The molecule has 2 heterocycles. The Labute approximate surface area is 225 Å². The summed E-state index contributed by atoms with van der Waals surface area (Å²) in [5.74, 6) is 0.0465. The van der Waals surface area contributed by atoms with E-state index in [1.165, 1.54) is 12.1 Å². The average molecular weight is 550 g/mol. The molecule has 1 aromatic carbocycles. The first-order valence-electron chi connectivity index (χ1n) is 12.5. The summed E-state index contributed by atoms with van der Waals surface area (Å²) in [5, 5.41) is 23.1. The second kappa shape index (κ2) is 15.2. The first-order valence-corrected chi connectivity index (χ1v) is 12.9. The number of carbonyl (C=O) groups is 2. The molecule has 0 spiro atoms.